The Morgan fingerprint density at radius 3 is 2.72 bits per heavy atom. The Morgan fingerprint density at radius 1 is 1.48 bits per heavy atom. The monoisotopic (exact) mass is 348 g/mol. The number of carbonyl (C=O) groups excluding carboxylic acids is 1. The van der Waals surface area contributed by atoms with Gasteiger partial charge in [-0.3, -0.25) is 9.79 Å². The molecule has 25 heavy (non-hydrogen) atoms. The molecule has 0 aliphatic heterocycles. The third-order valence-electron chi connectivity index (χ3n) is 3.28. The van der Waals surface area contributed by atoms with Crippen LogP contribution in [0.4, 0.5) is 17.5 Å². The van der Waals surface area contributed by atoms with E-state index in [9.17, 15) is 9.90 Å². The molecular weight excluding hydrogens is 320 g/mol. The highest BCUT2D eigenvalue weighted by molar-refractivity contribution is 5.86. The summed E-state index contributed by atoms with van der Waals surface area (Å²) in [5.41, 5.74) is 5.85. The van der Waals surface area contributed by atoms with Gasteiger partial charge in [0.1, 0.15) is 11.7 Å². The Morgan fingerprint density at radius 2 is 2.16 bits per heavy atom. The van der Waals surface area contributed by atoms with E-state index >= 15 is 0 Å². The van der Waals surface area contributed by atoms with Gasteiger partial charge in [0.2, 0.25) is 11.9 Å². The Hall–Kier alpha value is -2.48. The third-order valence-corrected chi connectivity index (χ3v) is 3.28. The van der Waals surface area contributed by atoms with Gasteiger partial charge in [-0.25, -0.2) is 4.98 Å². The van der Waals surface area contributed by atoms with Crippen molar-refractivity contribution < 1.29 is 9.90 Å². The average Bonchev–Trinajstić information content (AvgIpc) is 2.50. The number of aryl methyl sites for hydroxylation is 1. The first-order valence-corrected chi connectivity index (χ1v) is 8.23. The standard InChI is InChI=1S/C17H28N6O2/c1-6-8-12(15(24)20-10-17(4,5)25)22-14-13(19-9-7-2)11(3)21-16(18)23-14/h7,9,12,25H,2,6,8,10H2,1,3-5H3,(H,20,24)(H3,18,21,22,23)/t12-/m0/s1. The van der Waals surface area contributed by atoms with Crippen LogP contribution in [0.1, 0.15) is 39.3 Å². The minimum Gasteiger partial charge on any atom is -0.389 e. The molecule has 0 aromatic carbocycles. The number of hydrogen-bond acceptors (Lipinski definition) is 7. The number of amides is 1. The number of aliphatic imine (C=N–C) groups is 1. The van der Waals surface area contributed by atoms with Crippen LogP contribution < -0.4 is 16.4 Å². The number of nitrogen functional groups attached to an aromatic ring is 1. The van der Waals surface area contributed by atoms with E-state index in [0.29, 0.717) is 23.6 Å². The lowest BCUT2D eigenvalue weighted by atomic mass is 10.1. The number of nitrogens with zero attached hydrogens (tertiary/aromatic N) is 3. The van der Waals surface area contributed by atoms with Gasteiger partial charge in [-0.1, -0.05) is 26.0 Å². The number of allylic oxidation sites excluding steroid dienone is 1. The van der Waals surface area contributed by atoms with Crippen molar-refractivity contribution in [1.82, 2.24) is 15.3 Å². The van der Waals surface area contributed by atoms with Gasteiger partial charge in [0, 0.05) is 12.8 Å². The molecule has 1 atom stereocenters. The summed E-state index contributed by atoms with van der Waals surface area (Å²) < 4.78 is 0. The maximum Gasteiger partial charge on any atom is 0.242 e. The smallest absolute Gasteiger partial charge is 0.242 e. The number of anilines is 2. The number of nitrogens with one attached hydrogen (secondary N) is 2. The van der Waals surface area contributed by atoms with Gasteiger partial charge in [-0.05, 0) is 27.2 Å². The molecule has 0 fully saturated rings. The fourth-order valence-corrected chi connectivity index (χ4v) is 2.12. The van der Waals surface area contributed by atoms with Gasteiger partial charge in [0.05, 0.1) is 11.3 Å². The van der Waals surface area contributed by atoms with Crippen molar-refractivity contribution in [2.24, 2.45) is 4.99 Å². The topological polar surface area (TPSA) is 126 Å². The molecule has 0 radical (unpaired) electrons. The van der Waals surface area contributed by atoms with Crippen molar-refractivity contribution in [1.29, 1.82) is 0 Å². The summed E-state index contributed by atoms with van der Waals surface area (Å²) >= 11 is 0. The number of carbonyl (C=O) groups is 1. The van der Waals surface area contributed by atoms with Crippen molar-refractivity contribution in [2.75, 3.05) is 17.6 Å². The summed E-state index contributed by atoms with van der Waals surface area (Å²) in [6.07, 6.45) is 4.44. The second kappa shape index (κ2) is 9.12. The molecule has 0 unspecified atom stereocenters. The van der Waals surface area contributed by atoms with E-state index in [4.69, 9.17) is 5.73 Å². The van der Waals surface area contributed by atoms with Crippen molar-refractivity contribution in [3.63, 3.8) is 0 Å². The first-order valence-electron chi connectivity index (χ1n) is 8.23. The van der Waals surface area contributed by atoms with E-state index < -0.39 is 11.6 Å². The molecule has 0 saturated heterocycles. The van der Waals surface area contributed by atoms with Crippen LogP contribution in [0.25, 0.3) is 0 Å². The van der Waals surface area contributed by atoms with Crippen LogP contribution in [0, 0.1) is 6.92 Å². The maximum atomic E-state index is 12.5. The van der Waals surface area contributed by atoms with Gasteiger partial charge in [-0.2, -0.15) is 4.98 Å². The average molecular weight is 348 g/mol. The zero-order chi connectivity index (χ0) is 19.0. The zero-order valence-corrected chi connectivity index (χ0v) is 15.3. The van der Waals surface area contributed by atoms with Crippen molar-refractivity contribution in [3.05, 3.63) is 18.3 Å². The summed E-state index contributed by atoms with van der Waals surface area (Å²) in [7, 11) is 0. The van der Waals surface area contributed by atoms with E-state index in [1.807, 2.05) is 6.92 Å². The summed E-state index contributed by atoms with van der Waals surface area (Å²) in [4.78, 5) is 25.0. The minimum absolute atomic E-state index is 0.102. The summed E-state index contributed by atoms with van der Waals surface area (Å²) in [6, 6.07) is -0.529. The highest BCUT2D eigenvalue weighted by Gasteiger charge is 2.22. The molecule has 1 heterocycles. The van der Waals surface area contributed by atoms with Crippen molar-refractivity contribution in [3.8, 4) is 0 Å². The normalized spacial score (nSPS) is 12.8. The minimum atomic E-state index is -0.984. The Labute approximate surface area is 148 Å². The van der Waals surface area contributed by atoms with Crippen LogP contribution in [-0.4, -0.2) is 45.4 Å². The number of rotatable bonds is 9. The van der Waals surface area contributed by atoms with E-state index in [1.165, 1.54) is 6.21 Å². The second-order valence-corrected chi connectivity index (χ2v) is 6.39. The largest absolute Gasteiger partial charge is 0.389 e. The number of aliphatic hydroxyl groups is 1. The van der Waals surface area contributed by atoms with E-state index in [0.717, 1.165) is 6.42 Å². The lowest BCUT2D eigenvalue weighted by Gasteiger charge is -2.23. The van der Waals surface area contributed by atoms with Crippen molar-refractivity contribution >= 4 is 29.6 Å². The van der Waals surface area contributed by atoms with Gasteiger partial charge in [0.15, 0.2) is 5.82 Å². The Kier molecular flexibility index (Phi) is 7.50. The fourth-order valence-electron chi connectivity index (χ4n) is 2.12. The molecular formula is C17H28N6O2. The van der Waals surface area contributed by atoms with Crippen LogP contribution in [0.3, 0.4) is 0 Å². The molecule has 0 spiro atoms. The zero-order valence-electron chi connectivity index (χ0n) is 15.3. The van der Waals surface area contributed by atoms with Crippen LogP contribution in [0.5, 0.6) is 0 Å². The maximum absolute atomic E-state index is 12.5. The van der Waals surface area contributed by atoms with Crippen LogP contribution in [0.15, 0.2) is 17.6 Å². The number of hydrogen-bond donors (Lipinski definition) is 4. The number of aromatic nitrogens is 2. The van der Waals surface area contributed by atoms with Gasteiger partial charge in [-0.15, -0.1) is 0 Å². The second-order valence-electron chi connectivity index (χ2n) is 6.39. The van der Waals surface area contributed by atoms with Crippen LogP contribution in [-0.2, 0) is 4.79 Å². The van der Waals surface area contributed by atoms with E-state index in [2.05, 4.69) is 32.2 Å². The lowest BCUT2D eigenvalue weighted by Crippen LogP contribution is -2.45. The fraction of sp³-hybridized carbons (Fsp3) is 0.529. The van der Waals surface area contributed by atoms with Crippen molar-refractivity contribution in [2.45, 2.75) is 52.2 Å². The SMILES string of the molecule is C=CC=Nc1c(C)nc(N)nc1N[C@@H](CCC)C(=O)NCC(C)(C)O. The van der Waals surface area contributed by atoms with E-state index in [-0.39, 0.29) is 18.4 Å². The molecule has 1 amide bonds. The predicted molar refractivity (Wildman–Crippen MR) is 101 cm³/mol. The quantitative estimate of drug-likeness (QED) is 0.504. The lowest BCUT2D eigenvalue weighted by molar-refractivity contribution is -0.123. The van der Waals surface area contributed by atoms with Crippen LogP contribution >= 0.6 is 0 Å². The Balaban J connectivity index is 3.06. The molecule has 5 N–H and O–H groups in total. The first-order chi connectivity index (χ1) is 11.7. The summed E-state index contributed by atoms with van der Waals surface area (Å²) in [5, 5.41) is 15.6. The predicted octanol–water partition coefficient (Wildman–Crippen LogP) is 1.72. The molecule has 1 rings (SSSR count). The Bertz CT molecular complexity index is 637. The van der Waals surface area contributed by atoms with Gasteiger partial charge < -0.3 is 21.5 Å². The molecule has 1 aromatic heterocycles. The molecule has 8 heteroatoms. The highest BCUT2D eigenvalue weighted by Crippen LogP contribution is 2.27. The molecule has 1 aromatic rings. The first kappa shape index (κ1) is 20.6. The van der Waals surface area contributed by atoms with Gasteiger partial charge >= 0.3 is 0 Å². The molecule has 0 saturated carbocycles. The van der Waals surface area contributed by atoms with Gasteiger partial charge in [0.25, 0.3) is 0 Å². The number of nitrogens with two attached hydrogens (primary N) is 1. The molecule has 0 aliphatic rings. The van der Waals surface area contributed by atoms with Crippen LogP contribution in [0.2, 0.25) is 0 Å². The summed E-state index contributed by atoms with van der Waals surface area (Å²) in [5.74, 6) is 0.266. The molecule has 0 bridgehead atoms. The highest BCUT2D eigenvalue weighted by atomic mass is 16.3. The molecule has 138 valence electrons. The third kappa shape index (κ3) is 6.88. The van der Waals surface area contributed by atoms with E-state index in [1.54, 1.807) is 26.8 Å². The molecule has 0 aliphatic carbocycles. The summed E-state index contributed by atoms with van der Waals surface area (Å²) in [6.45, 7) is 10.8. The molecule has 8 nitrogen and oxygen atoms in total.